The van der Waals surface area contributed by atoms with Crippen LogP contribution in [-0.4, -0.2) is 19.3 Å². The first-order valence-corrected chi connectivity index (χ1v) is 6.36. The van der Waals surface area contributed by atoms with E-state index in [1.54, 1.807) is 0 Å². The Morgan fingerprint density at radius 2 is 1.74 bits per heavy atom. The van der Waals surface area contributed by atoms with Crippen LogP contribution >= 0.6 is 0 Å². The van der Waals surface area contributed by atoms with Crippen LogP contribution in [0.4, 0.5) is 18.9 Å². The lowest BCUT2D eigenvalue weighted by Crippen LogP contribution is -2.30. The van der Waals surface area contributed by atoms with Gasteiger partial charge in [0.05, 0.1) is 18.2 Å². The molecule has 0 fully saturated rings. The molecule has 1 rings (SSSR count). The zero-order valence-electron chi connectivity index (χ0n) is 11.4. The molecule has 1 N–H and O–H groups in total. The zero-order chi connectivity index (χ0) is 14.5. The summed E-state index contributed by atoms with van der Waals surface area (Å²) in [5.74, 6) is 0.328. The highest BCUT2D eigenvalue weighted by Crippen LogP contribution is 2.30. The number of alkyl halides is 3. The fourth-order valence-electron chi connectivity index (χ4n) is 1.62. The van der Waals surface area contributed by atoms with Crippen molar-refractivity contribution in [1.82, 2.24) is 0 Å². The zero-order valence-corrected chi connectivity index (χ0v) is 11.4. The summed E-state index contributed by atoms with van der Waals surface area (Å²) in [4.78, 5) is 0. The van der Waals surface area contributed by atoms with Crippen LogP contribution < -0.4 is 5.32 Å². The van der Waals surface area contributed by atoms with Crippen LogP contribution in [0.3, 0.4) is 0 Å². The topological polar surface area (TPSA) is 21.3 Å². The molecule has 0 saturated carbocycles. The molecule has 0 bridgehead atoms. The summed E-state index contributed by atoms with van der Waals surface area (Å²) >= 11 is 0. The van der Waals surface area contributed by atoms with E-state index in [9.17, 15) is 13.2 Å². The summed E-state index contributed by atoms with van der Waals surface area (Å²) in [5, 5.41) is 3.20. The van der Waals surface area contributed by atoms with E-state index >= 15 is 0 Å². The third kappa shape index (κ3) is 5.11. The Kier molecular flexibility index (Phi) is 5.66. The summed E-state index contributed by atoms with van der Waals surface area (Å²) in [5.41, 5.74) is 0.0374. The van der Waals surface area contributed by atoms with Crippen LogP contribution in [0.25, 0.3) is 0 Å². The first-order valence-electron chi connectivity index (χ1n) is 6.36. The van der Waals surface area contributed by atoms with E-state index in [4.69, 9.17) is 4.74 Å². The number of nitrogens with one attached hydrogen (secondary N) is 1. The maximum atomic E-state index is 12.4. The van der Waals surface area contributed by atoms with Crippen LogP contribution in [0.5, 0.6) is 0 Å². The molecular weight excluding hydrogens is 255 g/mol. The molecule has 0 saturated heterocycles. The number of hydrogen-bond donors (Lipinski definition) is 1. The number of ether oxygens (including phenoxy) is 1. The first kappa shape index (κ1) is 15.8. The molecule has 1 atom stereocenters. The third-order valence-corrected chi connectivity index (χ3v) is 2.87. The minimum Gasteiger partial charge on any atom is -0.380 e. The summed E-state index contributed by atoms with van der Waals surface area (Å²) in [6, 6.07) is 5.14. The standard InChI is InChI=1S/C14H20F3NO/c1-4-19-9-13(10(2)3)18-12-7-5-11(6-8-12)14(15,16)17/h5-8,10,13,18H,4,9H2,1-3H3. The second kappa shape index (κ2) is 6.80. The first-order chi connectivity index (χ1) is 8.84. The van der Waals surface area contributed by atoms with E-state index in [0.29, 0.717) is 24.8 Å². The molecule has 108 valence electrons. The number of rotatable bonds is 6. The van der Waals surface area contributed by atoms with Gasteiger partial charge < -0.3 is 10.1 Å². The van der Waals surface area contributed by atoms with Crippen molar-refractivity contribution in [3.63, 3.8) is 0 Å². The van der Waals surface area contributed by atoms with Crippen LogP contribution in [-0.2, 0) is 10.9 Å². The predicted octanol–water partition coefficient (Wildman–Crippen LogP) is 4.18. The van der Waals surface area contributed by atoms with Crippen molar-refractivity contribution in [1.29, 1.82) is 0 Å². The molecule has 19 heavy (non-hydrogen) atoms. The molecule has 0 radical (unpaired) electrons. The van der Waals surface area contributed by atoms with Gasteiger partial charge in [0.25, 0.3) is 0 Å². The highest BCUT2D eigenvalue weighted by Gasteiger charge is 2.30. The molecule has 0 amide bonds. The second-order valence-corrected chi connectivity index (χ2v) is 4.73. The average molecular weight is 275 g/mol. The summed E-state index contributed by atoms with van der Waals surface area (Å²) in [6.07, 6.45) is -4.29. The lowest BCUT2D eigenvalue weighted by molar-refractivity contribution is -0.137. The van der Waals surface area contributed by atoms with Gasteiger partial charge in [0, 0.05) is 12.3 Å². The molecule has 5 heteroatoms. The maximum absolute atomic E-state index is 12.4. The SMILES string of the molecule is CCOCC(Nc1ccc(C(F)(F)F)cc1)C(C)C. The van der Waals surface area contributed by atoms with Crippen LogP contribution in [0, 0.1) is 5.92 Å². The van der Waals surface area contributed by atoms with Gasteiger partial charge >= 0.3 is 6.18 Å². The molecule has 0 spiro atoms. The Bertz CT molecular complexity index is 373. The van der Waals surface area contributed by atoms with Gasteiger partial charge in [0.1, 0.15) is 0 Å². The quantitative estimate of drug-likeness (QED) is 0.841. The molecule has 0 aromatic heterocycles. The maximum Gasteiger partial charge on any atom is 0.416 e. The van der Waals surface area contributed by atoms with E-state index in [-0.39, 0.29) is 6.04 Å². The fraction of sp³-hybridized carbons (Fsp3) is 0.571. The minimum atomic E-state index is -4.29. The fourth-order valence-corrected chi connectivity index (χ4v) is 1.62. The van der Waals surface area contributed by atoms with E-state index in [0.717, 1.165) is 12.1 Å². The molecule has 0 aliphatic rings. The molecule has 2 nitrogen and oxygen atoms in total. The summed E-state index contributed by atoms with van der Waals surface area (Å²) in [6.45, 7) is 7.16. The van der Waals surface area contributed by atoms with Crippen LogP contribution in [0.2, 0.25) is 0 Å². The number of halogens is 3. The largest absolute Gasteiger partial charge is 0.416 e. The summed E-state index contributed by atoms with van der Waals surface area (Å²) in [7, 11) is 0. The monoisotopic (exact) mass is 275 g/mol. The molecule has 0 heterocycles. The predicted molar refractivity (Wildman–Crippen MR) is 70.2 cm³/mol. The van der Waals surface area contributed by atoms with Gasteiger partial charge in [-0.05, 0) is 37.1 Å². The highest BCUT2D eigenvalue weighted by molar-refractivity contribution is 5.46. The number of benzene rings is 1. The molecule has 0 aliphatic heterocycles. The number of hydrogen-bond acceptors (Lipinski definition) is 2. The second-order valence-electron chi connectivity index (χ2n) is 4.73. The van der Waals surface area contributed by atoms with Gasteiger partial charge in [-0.2, -0.15) is 13.2 Å². The lowest BCUT2D eigenvalue weighted by Gasteiger charge is -2.23. The van der Waals surface area contributed by atoms with Crippen molar-refractivity contribution in [2.24, 2.45) is 5.92 Å². The van der Waals surface area contributed by atoms with Gasteiger partial charge in [-0.1, -0.05) is 13.8 Å². The molecule has 1 aromatic rings. The van der Waals surface area contributed by atoms with Crippen molar-refractivity contribution in [2.75, 3.05) is 18.5 Å². The Labute approximate surface area is 112 Å². The minimum absolute atomic E-state index is 0.0803. The normalized spacial score (nSPS) is 13.6. The van der Waals surface area contributed by atoms with Gasteiger partial charge in [0.15, 0.2) is 0 Å². The molecule has 1 unspecified atom stereocenters. The van der Waals surface area contributed by atoms with Crippen molar-refractivity contribution in [3.05, 3.63) is 29.8 Å². The molecule has 0 aliphatic carbocycles. The van der Waals surface area contributed by atoms with E-state index < -0.39 is 11.7 Å². The van der Waals surface area contributed by atoms with E-state index in [1.165, 1.54) is 12.1 Å². The Morgan fingerprint density at radius 1 is 1.16 bits per heavy atom. The van der Waals surface area contributed by atoms with Crippen LogP contribution in [0.1, 0.15) is 26.3 Å². The summed E-state index contributed by atoms with van der Waals surface area (Å²) < 4.78 is 42.7. The van der Waals surface area contributed by atoms with Gasteiger partial charge in [0.2, 0.25) is 0 Å². The van der Waals surface area contributed by atoms with E-state index in [2.05, 4.69) is 5.32 Å². The van der Waals surface area contributed by atoms with Crippen molar-refractivity contribution in [3.8, 4) is 0 Å². The van der Waals surface area contributed by atoms with Crippen LogP contribution in [0.15, 0.2) is 24.3 Å². The Balaban J connectivity index is 2.69. The highest BCUT2D eigenvalue weighted by atomic mass is 19.4. The molecule has 1 aromatic carbocycles. The lowest BCUT2D eigenvalue weighted by atomic mass is 10.0. The Morgan fingerprint density at radius 3 is 2.16 bits per heavy atom. The van der Waals surface area contributed by atoms with Crippen molar-refractivity contribution >= 4 is 5.69 Å². The third-order valence-electron chi connectivity index (χ3n) is 2.87. The number of anilines is 1. The smallest absolute Gasteiger partial charge is 0.380 e. The van der Waals surface area contributed by atoms with Crippen molar-refractivity contribution < 1.29 is 17.9 Å². The van der Waals surface area contributed by atoms with Gasteiger partial charge in [-0.15, -0.1) is 0 Å². The Hall–Kier alpha value is -1.23. The molecular formula is C14H20F3NO. The van der Waals surface area contributed by atoms with Gasteiger partial charge in [-0.3, -0.25) is 0 Å². The average Bonchev–Trinajstić information content (AvgIpc) is 2.33. The van der Waals surface area contributed by atoms with Crippen molar-refractivity contribution in [2.45, 2.75) is 33.0 Å². The van der Waals surface area contributed by atoms with E-state index in [1.807, 2.05) is 20.8 Å². The van der Waals surface area contributed by atoms with Gasteiger partial charge in [-0.25, -0.2) is 0 Å².